The molecule has 0 radical (unpaired) electrons. The minimum Gasteiger partial charge on any atom is -0.334 e. The molecule has 1 aromatic carbocycles. The zero-order valence-electron chi connectivity index (χ0n) is 13.9. The smallest absolute Gasteiger partial charge is 0.319 e. The molecule has 0 saturated heterocycles. The van der Waals surface area contributed by atoms with Gasteiger partial charge in [0.05, 0.1) is 5.69 Å². The van der Waals surface area contributed by atoms with Crippen molar-refractivity contribution in [2.24, 2.45) is 0 Å². The number of nitrogens with zero attached hydrogens (tertiary/aromatic N) is 2. The predicted octanol–water partition coefficient (Wildman–Crippen LogP) is 3.46. The maximum Gasteiger partial charge on any atom is 0.319 e. The standard InChI is InChI=1S/C17H24N4O/c1-6-21-14(5)15(13(4)20-21)10-18-17(22)19-16-9-7-8-11(2)12(16)3/h7-9H,6,10H2,1-5H3,(H2,18,19,22). The molecule has 22 heavy (non-hydrogen) atoms. The number of carbonyl (C=O) groups is 1. The number of amides is 2. The Morgan fingerprint density at radius 2 is 1.95 bits per heavy atom. The van der Waals surface area contributed by atoms with E-state index in [1.807, 2.05) is 50.6 Å². The van der Waals surface area contributed by atoms with Crippen LogP contribution in [0.5, 0.6) is 0 Å². The van der Waals surface area contributed by atoms with Gasteiger partial charge in [-0.25, -0.2) is 4.79 Å². The largest absolute Gasteiger partial charge is 0.334 e. The number of nitrogens with one attached hydrogen (secondary N) is 2. The topological polar surface area (TPSA) is 59.0 Å². The monoisotopic (exact) mass is 300 g/mol. The first kappa shape index (κ1) is 16.1. The number of benzene rings is 1. The molecule has 2 aromatic rings. The Hall–Kier alpha value is -2.30. The average molecular weight is 300 g/mol. The van der Waals surface area contributed by atoms with E-state index in [0.29, 0.717) is 6.54 Å². The third kappa shape index (κ3) is 3.30. The molecule has 0 bridgehead atoms. The molecule has 2 rings (SSSR count). The summed E-state index contributed by atoms with van der Waals surface area (Å²) in [5.41, 5.74) is 6.24. The summed E-state index contributed by atoms with van der Waals surface area (Å²) in [6.07, 6.45) is 0. The van der Waals surface area contributed by atoms with Crippen molar-refractivity contribution in [3.05, 3.63) is 46.3 Å². The van der Waals surface area contributed by atoms with Crippen LogP contribution in [0, 0.1) is 27.7 Å². The van der Waals surface area contributed by atoms with Gasteiger partial charge in [-0.1, -0.05) is 12.1 Å². The lowest BCUT2D eigenvalue weighted by atomic mass is 10.1. The van der Waals surface area contributed by atoms with Crippen molar-refractivity contribution in [3.8, 4) is 0 Å². The number of hydrogen-bond donors (Lipinski definition) is 2. The van der Waals surface area contributed by atoms with Gasteiger partial charge in [-0.2, -0.15) is 5.10 Å². The minimum absolute atomic E-state index is 0.197. The number of hydrogen-bond acceptors (Lipinski definition) is 2. The second-order valence-corrected chi connectivity index (χ2v) is 5.52. The number of rotatable bonds is 4. The van der Waals surface area contributed by atoms with E-state index in [0.717, 1.165) is 40.3 Å². The maximum absolute atomic E-state index is 12.1. The van der Waals surface area contributed by atoms with Gasteiger partial charge in [0.25, 0.3) is 0 Å². The van der Waals surface area contributed by atoms with Crippen LogP contribution in [0.4, 0.5) is 10.5 Å². The van der Waals surface area contributed by atoms with Crippen molar-refractivity contribution < 1.29 is 4.79 Å². The number of aryl methyl sites for hydroxylation is 3. The van der Waals surface area contributed by atoms with Crippen LogP contribution in [0.3, 0.4) is 0 Å². The summed E-state index contributed by atoms with van der Waals surface area (Å²) < 4.78 is 1.95. The van der Waals surface area contributed by atoms with Crippen molar-refractivity contribution in [3.63, 3.8) is 0 Å². The van der Waals surface area contributed by atoms with Crippen LogP contribution >= 0.6 is 0 Å². The quantitative estimate of drug-likeness (QED) is 0.908. The summed E-state index contributed by atoms with van der Waals surface area (Å²) in [6.45, 7) is 11.4. The lowest BCUT2D eigenvalue weighted by molar-refractivity contribution is 0.251. The van der Waals surface area contributed by atoms with E-state index in [1.54, 1.807) is 0 Å². The molecule has 0 aliphatic heterocycles. The normalized spacial score (nSPS) is 10.6. The van der Waals surface area contributed by atoms with E-state index in [4.69, 9.17) is 0 Å². The van der Waals surface area contributed by atoms with Crippen LogP contribution < -0.4 is 10.6 Å². The van der Waals surface area contributed by atoms with Gasteiger partial charge in [-0.3, -0.25) is 4.68 Å². The fourth-order valence-electron chi connectivity index (χ4n) is 2.52. The van der Waals surface area contributed by atoms with E-state index in [2.05, 4.69) is 22.7 Å². The highest BCUT2D eigenvalue weighted by Gasteiger charge is 2.12. The Kier molecular flexibility index (Phi) is 4.85. The van der Waals surface area contributed by atoms with Gasteiger partial charge in [0.1, 0.15) is 0 Å². The second kappa shape index (κ2) is 6.64. The first-order chi connectivity index (χ1) is 10.4. The maximum atomic E-state index is 12.1. The lowest BCUT2D eigenvalue weighted by Gasteiger charge is -2.11. The summed E-state index contributed by atoms with van der Waals surface area (Å²) in [7, 11) is 0. The molecule has 0 atom stereocenters. The van der Waals surface area contributed by atoms with Gasteiger partial charge < -0.3 is 10.6 Å². The number of anilines is 1. The number of urea groups is 1. The van der Waals surface area contributed by atoms with Crippen molar-refractivity contribution in [2.45, 2.75) is 47.7 Å². The van der Waals surface area contributed by atoms with E-state index >= 15 is 0 Å². The second-order valence-electron chi connectivity index (χ2n) is 5.52. The van der Waals surface area contributed by atoms with Crippen LogP contribution in [0.2, 0.25) is 0 Å². The molecule has 0 aliphatic carbocycles. The third-order valence-electron chi connectivity index (χ3n) is 4.11. The average Bonchev–Trinajstić information content (AvgIpc) is 2.76. The molecule has 1 heterocycles. The third-order valence-corrected chi connectivity index (χ3v) is 4.11. The molecular weight excluding hydrogens is 276 g/mol. The van der Waals surface area contributed by atoms with Crippen molar-refractivity contribution >= 4 is 11.7 Å². The lowest BCUT2D eigenvalue weighted by Crippen LogP contribution is -2.29. The molecule has 0 aliphatic rings. The van der Waals surface area contributed by atoms with Gasteiger partial charge in [-0.05, 0) is 51.8 Å². The van der Waals surface area contributed by atoms with Crippen LogP contribution in [-0.4, -0.2) is 15.8 Å². The van der Waals surface area contributed by atoms with Crippen LogP contribution in [0.15, 0.2) is 18.2 Å². The van der Waals surface area contributed by atoms with Crippen LogP contribution in [0.25, 0.3) is 0 Å². The molecule has 118 valence electrons. The minimum atomic E-state index is -0.197. The molecular formula is C17H24N4O. The van der Waals surface area contributed by atoms with E-state index in [1.165, 1.54) is 0 Å². The Morgan fingerprint density at radius 1 is 1.23 bits per heavy atom. The van der Waals surface area contributed by atoms with Gasteiger partial charge in [0.2, 0.25) is 0 Å². The molecule has 2 N–H and O–H groups in total. The van der Waals surface area contributed by atoms with Gasteiger partial charge in [0.15, 0.2) is 0 Å². The van der Waals surface area contributed by atoms with Crippen molar-refractivity contribution in [1.82, 2.24) is 15.1 Å². The molecule has 0 spiro atoms. The first-order valence-electron chi connectivity index (χ1n) is 7.58. The molecule has 0 saturated carbocycles. The van der Waals surface area contributed by atoms with E-state index < -0.39 is 0 Å². The first-order valence-corrected chi connectivity index (χ1v) is 7.58. The van der Waals surface area contributed by atoms with Gasteiger partial charge in [0, 0.05) is 30.0 Å². The number of aromatic nitrogens is 2. The fourth-order valence-corrected chi connectivity index (χ4v) is 2.52. The van der Waals surface area contributed by atoms with Gasteiger partial charge >= 0.3 is 6.03 Å². The van der Waals surface area contributed by atoms with Crippen molar-refractivity contribution in [1.29, 1.82) is 0 Å². The molecule has 1 aromatic heterocycles. The van der Waals surface area contributed by atoms with Gasteiger partial charge in [-0.15, -0.1) is 0 Å². The van der Waals surface area contributed by atoms with Crippen LogP contribution in [0.1, 0.15) is 35.0 Å². The highest BCUT2D eigenvalue weighted by molar-refractivity contribution is 5.90. The van der Waals surface area contributed by atoms with E-state index in [-0.39, 0.29) is 6.03 Å². The highest BCUT2D eigenvalue weighted by atomic mass is 16.2. The van der Waals surface area contributed by atoms with Crippen molar-refractivity contribution in [2.75, 3.05) is 5.32 Å². The van der Waals surface area contributed by atoms with Crippen LogP contribution in [-0.2, 0) is 13.1 Å². The summed E-state index contributed by atoms with van der Waals surface area (Å²) in [4.78, 5) is 12.1. The Labute approximate surface area is 131 Å². The number of carbonyl (C=O) groups excluding carboxylic acids is 1. The molecule has 0 fully saturated rings. The Bertz CT molecular complexity index is 688. The molecule has 2 amide bonds. The SMILES string of the molecule is CCn1nc(C)c(CNC(=O)Nc2cccc(C)c2C)c1C. The summed E-state index contributed by atoms with van der Waals surface area (Å²) in [5.74, 6) is 0. The van der Waals surface area contributed by atoms with E-state index in [9.17, 15) is 4.79 Å². The fraction of sp³-hybridized carbons (Fsp3) is 0.412. The highest BCUT2D eigenvalue weighted by Crippen LogP contribution is 2.18. The summed E-state index contributed by atoms with van der Waals surface area (Å²) >= 11 is 0. The Balaban J connectivity index is 2.02. The summed E-state index contributed by atoms with van der Waals surface area (Å²) in [5, 5.41) is 10.3. The zero-order valence-corrected chi connectivity index (χ0v) is 13.9. The molecule has 0 unspecified atom stereocenters. The Morgan fingerprint density at radius 3 is 2.59 bits per heavy atom. The molecule has 5 nitrogen and oxygen atoms in total. The summed E-state index contributed by atoms with van der Waals surface area (Å²) in [6, 6.07) is 5.69. The molecule has 5 heteroatoms. The zero-order chi connectivity index (χ0) is 16.3. The predicted molar refractivity (Wildman–Crippen MR) is 89.1 cm³/mol.